The lowest BCUT2D eigenvalue weighted by atomic mass is 10.1. The molecule has 2 heteroatoms. The maximum Gasteiger partial charge on any atom is 0.0326 e. The first-order chi connectivity index (χ1) is 7.72. The maximum atomic E-state index is 3.39. The van der Waals surface area contributed by atoms with Gasteiger partial charge < -0.3 is 5.32 Å². The van der Waals surface area contributed by atoms with Crippen molar-refractivity contribution in [3.05, 3.63) is 29.8 Å². The molecule has 0 saturated heterocycles. The summed E-state index contributed by atoms with van der Waals surface area (Å²) in [4.78, 5) is 1.43. The van der Waals surface area contributed by atoms with Crippen molar-refractivity contribution in [2.45, 2.75) is 49.8 Å². The van der Waals surface area contributed by atoms with Crippen LogP contribution in [0.15, 0.2) is 29.2 Å². The summed E-state index contributed by atoms with van der Waals surface area (Å²) >= 11 is 1.99. The molecule has 90 valence electrons. The van der Waals surface area contributed by atoms with Crippen LogP contribution in [-0.2, 0) is 0 Å². The van der Waals surface area contributed by atoms with Crippen LogP contribution < -0.4 is 5.32 Å². The molecule has 0 spiro atoms. The van der Waals surface area contributed by atoms with Gasteiger partial charge in [0.25, 0.3) is 0 Å². The summed E-state index contributed by atoms with van der Waals surface area (Å²) in [5.41, 5.74) is 1.44. The van der Waals surface area contributed by atoms with E-state index in [-0.39, 0.29) is 0 Å². The van der Waals surface area contributed by atoms with E-state index in [2.05, 4.69) is 50.4 Å². The van der Waals surface area contributed by atoms with E-state index >= 15 is 0 Å². The van der Waals surface area contributed by atoms with E-state index in [1.165, 1.54) is 16.9 Å². The second-order valence-electron chi connectivity index (χ2n) is 4.12. The first-order valence-corrected chi connectivity index (χ1v) is 7.03. The number of hydrogen-bond donors (Lipinski definition) is 1. The summed E-state index contributed by atoms with van der Waals surface area (Å²) in [5, 5.41) is 4.08. The minimum Gasteiger partial charge on any atom is -0.313 e. The Labute approximate surface area is 104 Å². The summed E-state index contributed by atoms with van der Waals surface area (Å²) in [6.07, 6.45) is 2.35. The zero-order chi connectivity index (χ0) is 12.0. The van der Waals surface area contributed by atoms with Gasteiger partial charge in [-0.1, -0.05) is 39.0 Å². The standard InChI is InChI=1S/C14H23NS/c1-5-11(3)16-14-10-8-7-9-12(14)13(6-2)15-4/h7-11,13,15H,5-6H2,1-4H3. The van der Waals surface area contributed by atoms with Crippen LogP contribution in [0.1, 0.15) is 45.2 Å². The Kier molecular flexibility index (Phi) is 5.93. The van der Waals surface area contributed by atoms with Crippen LogP contribution in [0.3, 0.4) is 0 Å². The molecule has 0 aromatic heterocycles. The average molecular weight is 237 g/mol. The average Bonchev–Trinajstić information content (AvgIpc) is 2.32. The van der Waals surface area contributed by atoms with Gasteiger partial charge in [0.15, 0.2) is 0 Å². The van der Waals surface area contributed by atoms with E-state index in [0.29, 0.717) is 11.3 Å². The smallest absolute Gasteiger partial charge is 0.0326 e. The zero-order valence-electron chi connectivity index (χ0n) is 10.8. The number of thioether (sulfide) groups is 1. The third-order valence-corrected chi connectivity index (χ3v) is 4.32. The SMILES string of the molecule is CCC(C)Sc1ccccc1C(CC)NC. The quantitative estimate of drug-likeness (QED) is 0.742. The zero-order valence-corrected chi connectivity index (χ0v) is 11.6. The fourth-order valence-electron chi connectivity index (χ4n) is 1.76. The van der Waals surface area contributed by atoms with Crippen LogP contribution in [0.5, 0.6) is 0 Å². The van der Waals surface area contributed by atoms with Gasteiger partial charge in [-0.3, -0.25) is 0 Å². The molecule has 1 aromatic carbocycles. The van der Waals surface area contributed by atoms with Crippen molar-refractivity contribution in [1.29, 1.82) is 0 Å². The van der Waals surface area contributed by atoms with Gasteiger partial charge in [0.1, 0.15) is 0 Å². The van der Waals surface area contributed by atoms with E-state index in [9.17, 15) is 0 Å². The lowest BCUT2D eigenvalue weighted by Gasteiger charge is -2.19. The van der Waals surface area contributed by atoms with Crippen molar-refractivity contribution >= 4 is 11.8 Å². The molecule has 2 unspecified atom stereocenters. The van der Waals surface area contributed by atoms with Crippen molar-refractivity contribution in [3.8, 4) is 0 Å². The molecule has 0 bridgehead atoms. The first-order valence-electron chi connectivity index (χ1n) is 6.15. The van der Waals surface area contributed by atoms with E-state index in [1.807, 2.05) is 18.8 Å². The molecular weight excluding hydrogens is 214 g/mol. The van der Waals surface area contributed by atoms with Gasteiger partial charge in [-0.05, 0) is 31.5 Å². The largest absolute Gasteiger partial charge is 0.313 e. The van der Waals surface area contributed by atoms with Crippen molar-refractivity contribution < 1.29 is 0 Å². The third kappa shape index (κ3) is 3.53. The van der Waals surface area contributed by atoms with Gasteiger partial charge in [0.2, 0.25) is 0 Å². The van der Waals surface area contributed by atoms with E-state index in [4.69, 9.17) is 0 Å². The predicted octanol–water partition coefficient (Wildman–Crippen LogP) is 4.25. The fraction of sp³-hybridized carbons (Fsp3) is 0.571. The Morgan fingerprint density at radius 2 is 1.88 bits per heavy atom. The number of nitrogens with one attached hydrogen (secondary N) is 1. The molecule has 1 nitrogen and oxygen atoms in total. The minimum absolute atomic E-state index is 0.479. The number of rotatable bonds is 6. The molecule has 16 heavy (non-hydrogen) atoms. The normalized spacial score (nSPS) is 14.8. The maximum absolute atomic E-state index is 3.39. The van der Waals surface area contributed by atoms with Gasteiger partial charge in [0.05, 0.1) is 0 Å². The fourth-order valence-corrected chi connectivity index (χ4v) is 2.86. The summed E-state index contributed by atoms with van der Waals surface area (Å²) < 4.78 is 0. The van der Waals surface area contributed by atoms with Crippen LogP contribution >= 0.6 is 11.8 Å². The molecule has 1 rings (SSSR count). The molecule has 0 heterocycles. The van der Waals surface area contributed by atoms with Crippen LogP contribution in [0.2, 0.25) is 0 Å². The van der Waals surface area contributed by atoms with Gasteiger partial charge in [0, 0.05) is 16.2 Å². The third-order valence-electron chi connectivity index (χ3n) is 2.95. The van der Waals surface area contributed by atoms with Crippen LogP contribution in [-0.4, -0.2) is 12.3 Å². The molecule has 0 aliphatic heterocycles. The minimum atomic E-state index is 0.479. The molecule has 1 aromatic rings. The van der Waals surface area contributed by atoms with Gasteiger partial charge in [-0.25, -0.2) is 0 Å². The van der Waals surface area contributed by atoms with Gasteiger partial charge in [-0.2, -0.15) is 0 Å². The highest BCUT2D eigenvalue weighted by molar-refractivity contribution is 8.00. The van der Waals surface area contributed by atoms with Crippen molar-refractivity contribution in [3.63, 3.8) is 0 Å². The van der Waals surface area contributed by atoms with Crippen molar-refractivity contribution in [1.82, 2.24) is 5.32 Å². The van der Waals surface area contributed by atoms with E-state index in [0.717, 1.165) is 6.42 Å². The summed E-state index contributed by atoms with van der Waals surface area (Å²) in [6, 6.07) is 9.24. The highest BCUT2D eigenvalue weighted by atomic mass is 32.2. The van der Waals surface area contributed by atoms with Crippen LogP contribution in [0.25, 0.3) is 0 Å². The first kappa shape index (κ1) is 13.6. The Balaban J connectivity index is 2.90. The molecule has 1 N–H and O–H groups in total. The molecule has 0 fully saturated rings. The number of hydrogen-bond acceptors (Lipinski definition) is 2. The summed E-state index contributed by atoms with van der Waals surface area (Å²) in [5.74, 6) is 0. The molecule has 0 amide bonds. The molecule has 0 aliphatic carbocycles. The van der Waals surface area contributed by atoms with Crippen LogP contribution in [0, 0.1) is 0 Å². The summed E-state index contributed by atoms with van der Waals surface area (Å²) in [6.45, 7) is 6.77. The lowest BCUT2D eigenvalue weighted by Crippen LogP contribution is -2.16. The Bertz CT molecular complexity index is 307. The Morgan fingerprint density at radius 3 is 2.44 bits per heavy atom. The van der Waals surface area contributed by atoms with E-state index in [1.54, 1.807) is 0 Å². The molecule has 0 radical (unpaired) electrons. The van der Waals surface area contributed by atoms with Crippen molar-refractivity contribution in [2.75, 3.05) is 7.05 Å². The second kappa shape index (κ2) is 6.97. The highest BCUT2D eigenvalue weighted by Gasteiger charge is 2.12. The highest BCUT2D eigenvalue weighted by Crippen LogP contribution is 2.32. The second-order valence-corrected chi connectivity index (χ2v) is 5.60. The monoisotopic (exact) mass is 237 g/mol. The molecule has 2 atom stereocenters. The lowest BCUT2D eigenvalue weighted by molar-refractivity contribution is 0.568. The topological polar surface area (TPSA) is 12.0 Å². The van der Waals surface area contributed by atoms with E-state index < -0.39 is 0 Å². The molecule has 0 aliphatic rings. The molecular formula is C14H23NS. The predicted molar refractivity (Wildman–Crippen MR) is 74.1 cm³/mol. The van der Waals surface area contributed by atoms with Crippen LogP contribution in [0.4, 0.5) is 0 Å². The Morgan fingerprint density at radius 1 is 1.19 bits per heavy atom. The number of benzene rings is 1. The van der Waals surface area contributed by atoms with Gasteiger partial charge >= 0.3 is 0 Å². The molecule has 0 saturated carbocycles. The van der Waals surface area contributed by atoms with Crippen molar-refractivity contribution in [2.24, 2.45) is 0 Å². The van der Waals surface area contributed by atoms with Gasteiger partial charge in [-0.15, -0.1) is 11.8 Å². The Hall–Kier alpha value is -0.470. The summed E-state index contributed by atoms with van der Waals surface area (Å²) in [7, 11) is 2.04.